The van der Waals surface area contributed by atoms with Crippen LogP contribution in [0.25, 0.3) is 6.08 Å². The number of aryl methyl sites for hydroxylation is 1. The van der Waals surface area contributed by atoms with E-state index in [-0.39, 0.29) is 17.2 Å². The Morgan fingerprint density at radius 1 is 1.18 bits per heavy atom. The van der Waals surface area contributed by atoms with Gasteiger partial charge in [-0.05, 0) is 55.4 Å². The zero-order valence-corrected chi connectivity index (χ0v) is 20.0. The van der Waals surface area contributed by atoms with Gasteiger partial charge in [0.05, 0.1) is 0 Å². The van der Waals surface area contributed by atoms with Crippen molar-refractivity contribution in [2.75, 3.05) is 0 Å². The van der Waals surface area contributed by atoms with Gasteiger partial charge in [-0.15, -0.1) is 0 Å². The first-order valence-corrected chi connectivity index (χ1v) is 11.6. The molecule has 7 nitrogen and oxygen atoms in total. The quantitative estimate of drug-likeness (QED) is 0.199. The molecule has 1 aromatic carbocycles. The maximum Gasteiger partial charge on any atom is 0.408 e. The largest absolute Gasteiger partial charge is 0.507 e. The van der Waals surface area contributed by atoms with Gasteiger partial charge in [0.1, 0.15) is 17.1 Å². The number of carbonyl (C=O) groups is 2. The average molecular weight is 468 g/mol. The second-order valence-corrected chi connectivity index (χ2v) is 8.38. The Labute approximate surface area is 199 Å². The highest BCUT2D eigenvalue weighted by Gasteiger charge is 2.22. The van der Waals surface area contributed by atoms with E-state index in [1.165, 1.54) is 30.7 Å². The molecule has 0 aliphatic heterocycles. The number of carboxylic acid groups (broad SMARTS) is 1. The van der Waals surface area contributed by atoms with Gasteiger partial charge >= 0.3 is 11.7 Å². The lowest BCUT2D eigenvalue weighted by atomic mass is 9.99. The van der Waals surface area contributed by atoms with Gasteiger partial charge in [-0.25, -0.2) is 9.59 Å². The van der Waals surface area contributed by atoms with E-state index in [1.54, 1.807) is 19.1 Å². The van der Waals surface area contributed by atoms with Crippen molar-refractivity contribution < 1.29 is 24.2 Å². The average Bonchev–Trinajstić information content (AvgIpc) is 2.79. The van der Waals surface area contributed by atoms with Gasteiger partial charge in [0.15, 0.2) is 5.78 Å². The minimum Gasteiger partial charge on any atom is -0.507 e. The summed E-state index contributed by atoms with van der Waals surface area (Å²) in [5.41, 5.74) is 1.13. The van der Waals surface area contributed by atoms with Crippen LogP contribution >= 0.6 is 0 Å². The van der Waals surface area contributed by atoms with Gasteiger partial charge in [0, 0.05) is 18.2 Å². The third-order valence-electron chi connectivity index (χ3n) is 5.54. The molecule has 0 fully saturated rings. The van der Waals surface area contributed by atoms with Crippen LogP contribution in [0.5, 0.6) is 5.75 Å². The predicted octanol–water partition coefficient (Wildman–Crippen LogP) is 6.03. The molecule has 2 rings (SSSR count). The summed E-state index contributed by atoms with van der Waals surface area (Å²) in [5, 5.41) is 21.1. The fraction of sp³-hybridized carbons (Fsp3) is 0.370. The van der Waals surface area contributed by atoms with Crippen molar-refractivity contribution in [1.29, 1.82) is 0 Å². The topological polar surface area (TPSA) is 117 Å². The van der Waals surface area contributed by atoms with Gasteiger partial charge < -0.3 is 14.6 Å². The molecule has 3 N–H and O–H groups in total. The molecule has 0 aliphatic carbocycles. The van der Waals surface area contributed by atoms with Crippen LogP contribution in [0.15, 0.2) is 57.4 Å². The number of carbonyl (C=O) groups excluding carboxylic acids is 1. The summed E-state index contributed by atoms with van der Waals surface area (Å²) in [5.74, 6) is -0.950. The zero-order valence-electron chi connectivity index (χ0n) is 20.0. The van der Waals surface area contributed by atoms with Crippen LogP contribution in [0.3, 0.4) is 0 Å². The third kappa shape index (κ3) is 8.06. The monoisotopic (exact) mass is 467 g/mol. The van der Waals surface area contributed by atoms with Gasteiger partial charge in [-0.1, -0.05) is 57.0 Å². The third-order valence-corrected chi connectivity index (χ3v) is 5.54. The first-order valence-electron chi connectivity index (χ1n) is 11.6. The molecule has 0 bridgehead atoms. The number of ketones is 1. The van der Waals surface area contributed by atoms with Crippen molar-refractivity contribution in [2.45, 2.75) is 65.2 Å². The van der Waals surface area contributed by atoms with Crippen LogP contribution in [0.1, 0.15) is 86.0 Å². The normalized spacial score (nSPS) is 12.6. The molecule has 0 radical (unpaired) electrons. The highest BCUT2D eigenvalue weighted by molar-refractivity contribution is 6.12. The Morgan fingerprint density at radius 2 is 1.88 bits per heavy atom. The smallest absolute Gasteiger partial charge is 0.408 e. The molecule has 34 heavy (non-hydrogen) atoms. The molecular formula is C27H33NO6. The molecule has 1 aromatic heterocycles. The summed E-state index contributed by atoms with van der Waals surface area (Å²) in [7, 11) is 0. The fourth-order valence-corrected chi connectivity index (χ4v) is 3.53. The lowest BCUT2D eigenvalue weighted by molar-refractivity contribution is 0.102. The van der Waals surface area contributed by atoms with Crippen molar-refractivity contribution >= 4 is 18.0 Å². The molecule has 7 heteroatoms. The molecule has 1 unspecified atom stereocenters. The number of amides is 1. The second-order valence-electron chi connectivity index (χ2n) is 8.38. The van der Waals surface area contributed by atoms with E-state index >= 15 is 0 Å². The highest BCUT2D eigenvalue weighted by Crippen LogP contribution is 2.26. The fourth-order valence-electron chi connectivity index (χ4n) is 3.53. The summed E-state index contributed by atoms with van der Waals surface area (Å²) in [6, 6.07) is 9.25. The number of rotatable bonds is 12. The molecule has 0 saturated heterocycles. The number of benzene rings is 1. The Hall–Kier alpha value is -3.61. The molecule has 1 atom stereocenters. The molecule has 0 spiro atoms. The number of nitrogens with one attached hydrogen (secondary N) is 1. The summed E-state index contributed by atoms with van der Waals surface area (Å²) >= 11 is 0. The second kappa shape index (κ2) is 13.2. The minimum atomic E-state index is -1.15. The van der Waals surface area contributed by atoms with Crippen LogP contribution in [0.2, 0.25) is 0 Å². The van der Waals surface area contributed by atoms with E-state index in [9.17, 15) is 19.5 Å². The molecule has 0 saturated carbocycles. The van der Waals surface area contributed by atoms with E-state index < -0.39 is 23.3 Å². The first kappa shape index (κ1) is 26.6. The van der Waals surface area contributed by atoms with Crippen LogP contribution in [-0.2, 0) is 6.42 Å². The lowest BCUT2D eigenvalue weighted by Crippen LogP contribution is -2.16. The van der Waals surface area contributed by atoms with Crippen LogP contribution in [0.4, 0.5) is 4.79 Å². The SMILES string of the molecule is CCCCCc1ccc(C=C(C)C(=O)c2c(O)cc(C(C)CCC=CNC(=O)O)oc2=O)cc1. The van der Waals surface area contributed by atoms with Gasteiger partial charge in [-0.2, -0.15) is 0 Å². The van der Waals surface area contributed by atoms with Crippen molar-refractivity contribution in [2.24, 2.45) is 0 Å². The number of hydrogen-bond acceptors (Lipinski definition) is 5. The minimum absolute atomic E-state index is 0.218. The summed E-state index contributed by atoms with van der Waals surface area (Å²) in [6.07, 6.45) is 9.12. The number of aromatic hydroxyl groups is 1. The van der Waals surface area contributed by atoms with Crippen LogP contribution in [-0.4, -0.2) is 22.1 Å². The Bertz CT molecular complexity index is 1100. The maximum atomic E-state index is 12.9. The maximum absolute atomic E-state index is 12.9. The van der Waals surface area contributed by atoms with Crippen molar-refractivity contribution in [3.8, 4) is 5.75 Å². The van der Waals surface area contributed by atoms with Gasteiger partial charge in [0.25, 0.3) is 0 Å². The number of hydrogen-bond donors (Lipinski definition) is 3. The molecule has 2 aromatic rings. The summed E-state index contributed by atoms with van der Waals surface area (Å²) < 4.78 is 5.33. The lowest BCUT2D eigenvalue weighted by Gasteiger charge is -2.11. The van der Waals surface area contributed by atoms with E-state index in [0.29, 0.717) is 18.4 Å². The van der Waals surface area contributed by atoms with E-state index in [4.69, 9.17) is 9.52 Å². The molecule has 0 aliphatic rings. The van der Waals surface area contributed by atoms with Crippen LogP contribution in [0, 0.1) is 0 Å². The molecular weight excluding hydrogens is 434 g/mol. The molecule has 182 valence electrons. The zero-order chi connectivity index (χ0) is 25.1. The van der Waals surface area contributed by atoms with E-state index in [2.05, 4.69) is 12.2 Å². The highest BCUT2D eigenvalue weighted by atomic mass is 16.4. The molecule has 1 heterocycles. The van der Waals surface area contributed by atoms with E-state index in [0.717, 1.165) is 18.4 Å². The molecule has 1 amide bonds. The Kier molecular flexibility index (Phi) is 10.3. The van der Waals surface area contributed by atoms with Crippen molar-refractivity contribution in [3.05, 3.63) is 81.1 Å². The number of Topliss-reactive ketones (excluding diaryl/α,β-unsaturated/α-hetero) is 1. The summed E-state index contributed by atoms with van der Waals surface area (Å²) in [4.78, 5) is 35.8. The Balaban J connectivity index is 2.09. The number of unbranched alkanes of at least 4 members (excludes halogenated alkanes) is 2. The number of allylic oxidation sites excluding steroid dienone is 2. The first-order chi connectivity index (χ1) is 16.2. The van der Waals surface area contributed by atoms with Crippen LogP contribution < -0.4 is 10.9 Å². The van der Waals surface area contributed by atoms with Gasteiger partial charge in [-0.3, -0.25) is 10.1 Å². The van der Waals surface area contributed by atoms with E-state index in [1.807, 2.05) is 31.2 Å². The van der Waals surface area contributed by atoms with Crippen molar-refractivity contribution in [1.82, 2.24) is 5.32 Å². The summed E-state index contributed by atoms with van der Waals surface area (Å²) in [6.45, 7) is 5.59. The standard InChI is InChI=1S/C27H33NO6/c1-4-5-6-10-20-11-13-21(14-12-20)16-19(3)25(30)24-22(29)17-23(34-26(24)31)18(2)9-7-8-15-28-27(32)33/h8,11-18,28-29H,4-7,9-10H2,1-3H3,(H,32,33). The van der Waals surface area contributed by atoms with Crippen molar-refractivity contribution in [3.63, 3.8) is 0 Å². The predicted molar refractivity (Wildman–Crippen MR) is 132 cm³/mol. The van der Waals surface area contributed by atoms with Gasteiger partial charge in [0.2, 0.25) is 0 Å². The Morgan fingerprint density at radius 3 is 2.50 bits per heavy atom.